The van der Waals surface area contributed by atoms with E-state index in [1.165, 1.54) is 6.34 Å². The van der Waals surface area contributed by atoms with Crippen molar-refractivity contribution in [3.8, 4) is 0 Å². The average molecular weight is 600 g/mol. The SMILES string of the molecule is NC1NC(=O)C2N=CN(C3OC(COC(=O)c4ccccc4)C(OC(=O)c4ccccc4)C3OC(=O)c3ccccc3)C2N1. The van der Waals surface area contributed by atoms with E-state index in [4.69, 9.17) is 24.7 Å². The molecule has 226 valence electrons. The van der Waals surface area contributed by atoms with Crippen LogP contribution in [0.25, 0.3) is 0 Å². The Balaban J connectivity index is 1.32. The Bertz CT molecular complexity index is 1540. The highest BCUT2D eigenvalue weighted by Crippen LogP contribution is 2.33. The van der Waals surface area contributed by atoms with Gasteiger partial charge in [0, 0.05) is 0 Å². The molecule has 0 spiro atoms. The lowest BCUT2D eigenvalue weighted by atomic mass is 10.1. The first-order valence-corrected chi connectivity index (χ1v) is 13.9. The number of esters is 3. The first-order valence-electron chi connectivity index (χ1n) is 13.9. The number of hydrogen-bond acceptors (Lipinski definition) is 12. The number of hydrogen-bond donors (Lipinski definition) is 3. The van der Waals surface area contributed by atoms with Crippen molar-refractivity contribution in [1.29, 1.82) is 0 Å². The minimum atomic E-state index is -1.25. The Kier molecular flexibility index (Phi) is 8.32. The van der Waals surface area contributed by atoms with Crippen LogP contribution in [0, 0.1) is 0 Å². The summed E-state index contributed by atoms with van der Waals surface area (Å²) < 4.78 is 23.8. The van der Waals surface area contributed by atoms with Crippen LogP contribution in [0.1, 0.15) is 31.1 Å². The van der Waals surface area contributed by atoms with E-state index in [0.29, 0.717) is 5.56 Å². The van der Waals surface area contributed by atoms with Crippen LogP contribution in [-0.2, 0) is 23.7 Å². The number of amides is 1. The van der Waals surface area contributed by atoms with E-state index in [0.717, 1.165) is 0 Å². The lowest BCUT2D eigenvalue weighted by Crippen LogP contribution is -2.70. The number of fused-ring (bicyclic) bond motifs is 1. The Morgan fingerprint density at radius 2 is 1.32 bits per heavy atom. The van der Waals surface area contributed by atoms with Gasteiger partial charge >= 0.3 is 17.9 Å². The van der Waals surface area contributed by atoms with Gasteiger partial charge in [0.05, 0.1) is 23.0 Å². The number of rotatable bonds is 8. The summed E-state index contributed by atoms with van der Waals surface area (Å²) in [6.45, 7) is -0.344. The number of carbonyl (C=O) groups excluding carboxylic acids is 4. The van der Waals surface area contributed by atoms with Gasteiger partial charge in [-0.15, -0.1) is 0 Å². The third kappa shape index (κ3) is 6.01. The minimum Gasteiger partial charge on any atom is -0.459 e. The van der Waals surface area contributed by atoms with Crippen LogP contribution in [0.2, 0.25) is 0 Å². The molecule has 3 aliphatic rings. The van der Waals surface area contributed by atoms with Crippen molar-refractivity contribution in [1.82, 2.24) is 15.5 Å². The number of benzene rings is 3. The van der Waals surface area contributed by atoms with Gasteiger partial charge in [-0.05, 0) is 36.4 Å². The Morgan fingerprint density at radius 3 is 1.89 bits per heavy atom. The average Bonchev–Trinajstić information content (AvgIpc) is 3.62. The van der Waals surface area contributed by atoms with Gasteiger partial charge in [0.15, 0.2) is 24.5 Å². The van der Waals surface area contributed by atoms with Gasteiger partial charge < -0.3 is 29.2 Å². The predicted molar refractivity (Wildman–Crippen MR) is 154 cm³/mol. The van der Waals surface area contributed by atoms with Crippen molar-refractivity contribution in [3.05, 3.63) is 108 Å². The van der Waals surface area contributed by atoms with E-state index < -0.39 is 66.9 Å². The normalized spacial score (nSPS) is 27.2. The molecule has 0 bridgehead atoms. The van der Waals surface area contributed by atoms with Crippen LogP contribution >= 0.6 is 0 Å². The zero-order chi connectivity index (χ0) is 30.6. The molecule has 0 aliphatic carbocycles. The summed E-state index contributed by atoms with van der Waals surface area (Å²) in [5.41, 5.74) is 6.80. The van der Waals surface area contributed by atoms with Gasteiger partial charge in [-0.1, -0.05) is 54.6 Å². The Hall–Kier alpha value is -5.11. The molecule has 13 heteroatoms. The molecule has 7 unspecified atom stereocenters. The molecule has 2 saturated heterocycles. The molecule has 13 nitrogen and oxygen atoms in total. The molecular weight excluding hydrogens is 570 g/mol. The third-order valence-electron chi connectivity index (χ3n) is 7.37. The number of carbonyl (C=O) groups is 4. The van der Waals surface area contributed by atoms with E-state index in [2.05, 4.69) is 15.6 Å². The minimum absolute atomic E-state index is 0.253. The summed E-state index contributed by atoms with van der Waals surface area (Å²) in [6, 6.07) is 24.0. The van der Waals surface area contributed by atoms with Gasteiger partial charge in [0.2, 0.25) is 0 Å². The fourth-order valence-electron chi connectivity index (χ4n) is 5.24. The van der Waals surface area contributed by atoms with Crippen LogP contribution < -0.4 is 16.4 Å². The van der Waals surface area contributed by atoms with E-state index in [1.807, 2.05) is 0 Å². The zero-order valence-electron chi connectivity index (χ0n) is 23.2. The van der Waals surface area contributed by atoms with E-state index in [1.54, 1.807) is 95.9 Å². The van der Waals surface area contributed by atoms with Gasteiger partial charge in [0.1, 0.15) is 25.2 Å². The lowest BCUT2D eigenvalue weighted by molar-refractivity contribution is -0.131. The summed E-state index contributed by atoms with van der Waals surface area (Å²) in [5.74, 6) is -2.44. The molecule has 2 fully saturated rings. The maximum atomic E-state index is 13.4. The molecule has 3 heterocycles. The monoisotopic (exact) mass is 599 g/mol. The summed E-state index contributed by atoms with van der Waals surface area (Å²) in [6.07, 6.45) is -4.94. The van der Waals surface area contributed by atoms with Crippen LogP contribution in [0.5, 0.6) is 0 Å². The molecular formula is C31H29N5O8. The largest absolute Gasteiger partial charge is 0.459 e. The van der Waals surface area contributed by atoms with Crippen LogP contribution in [0.3, 0.4) is 0 Å². The molecule has 0 saturated carbocycles. The van der Waals surface area contributed by atoms with Gasteiger partial charge in [-0.3, -0.25) is 20.8 Å². The molecule has 0 aromatic heterocycles. The summed E-state index contributed by atoms with van der Waals surface area (Å²) >= 11 is 0. The van der Waals surface area contributed by atoms with E-state index >= 15 is 0 Å². The number of aliphatic imine (C=N–C) groups is 1. The van der Waals surface area contributed by atoms with Gasteiger partial charge in [0.25, 0.3) is 5.91 Å². The summed E-state index contributed by atoms with van der Waals surface area (Å²) in [7, 11) is 0. The molecule has 7 atom stereocenters. The second-order valence-electron chi connectivity index (χ2n) is 10.3. The molecule has 3 aromatic carbocycles. The number of nitrogens with two attached hydrogens (primary N) is 1. The quantitative estimate of drug-likeness (QED) is 0.249. The Morgan fingerprint density at radius 1 is 0.795 bits per heavy atom. The second-order valence-corrected chi connectivity index (χ2v) is 10.3. The molecule has 6 rings (SSSR count). The third-order valence-corrected chi connectivity index (χ3v) is 7.37. The van der Waals surface area contributed by atoms with E-state index in [-0.39, 0.29) is 17.7 Å². The van der Waals surface area contributed by atoms with Crippen molar-refractivity contribution in [2.45, 2.75) is 43.0 Å². The van der Waals surface area contributed by atoms with Gasteiger partial charge in [-0.2, -0.15) is 0 Å². The first-order chi connectivity index (χ1) is 21.4. The predicted octanol–water partition coefficient (Wildman–Crippen LogP) is 1.02. The van der Waals surface area contributed by atoms with E-state index in [9.17, 15) is 19.2 Å². The highest BCUT2D eigenvalue weighted by molar-refractivity contribution is 5.91. The Labute approximate surface area is 251 Å². The highest BCUT2D eigenvalue weighted by Gasteiger charge is 2.56. The smallest absolute Gasteiger partial charge is 0.338 e. The standard InChI is InChI=1S/C31H29N5O8/c32-31-34-25-22(26(37)35-31)33-17-36(25)27-24(44-30(40)20-14-8-3-9-15-20)23(43-29(39)19-12-6-2-7-13-19)21(42-27)16-41-28(38)18-10-4-1-5-11-18/h1-15,17,21-25,27,31,34H,16,32H2,(H,35,37). The number of nitrogens with zero attached hydrogens (tertiary/aromatic N) is 2. The molecule has 0 radical (unpaired) electrons. The van der Waals surface area contributed by atoms with Crippen molar-refractivity contribution in [2.75, 3.05) is 6.61 Å². The number of nitrogens with one attached hydrogen (secondary N) is 2. The second kappa shape index (κ2) is 12.6. The molecule has 3 aromatic rings. The van der Waals surface area contributed by atoms with Crippen molar-refractivity contribution in [3.63, 3.8) is 0 Å². The summed E-state index contributed by atoms with van der Waals surface area (Å²) in [5, 5.41) is 5.61. The van der Waals surface area contributed by atoms with Crippen LogP contribution in [0.4, 0.5) is 0 Å². The van der Waals surface area contributed by atoms with Crippen molar-refractivity contribution >= 4 is 30.2 Å². The fraction of sp³-hybridized carbons (Fsp3) is 0.258. The van der Waals surface area contributed by atoms with Crippen molar-refractivity contribution in [2.24, 2.45) is 10.7 Å². The zero-order valence-corrected chi connectivity index (χ0v) is 23.2. The maximum Gasteiger partial charge on any atom is 0.338 e. The van der Waals surface area contributed by atoms with Crippen molar-refractivity contribution < 1.29 is 38.1 Å². The molecule has 1 amide bonds. The summed E-state index contributed by atoms with van der Waals surface area (Å²) in [4.78, 5) is 57.9. The first kappa shape index (κ1) is 29.0. The maximum absolute atomic E-state index is 13.4. The van der Waals surface area contributed by atoms with Crippen LogP contribution in [-0.4, -0.2) is 84.7 Å². The lowest BCUT2D eigenvalue weighted by Gasteiger charge is -2.38. The van der Waals surface area contributed by atoms with Gasteiger partial charge in [-0.25, -0.2) is 14.4 Å². The topological polar surface area (TPSA) is 171 Å². The van der Waals surface area contributed by atoms with Crippen LogP contribution in [0.15, 0.2) is 96.0 Å². The number of ether oxygens (including phenoxy) is 4. The fourth-order valence-corrected chi connectivity index (χ4v) is 5.24. The molecule has 4 N–H and O–H groups in total. The highest BCUT2D eigenvalue weighted by atomic mass is 16.7. The molecule has 44 heavy (non-hydrogen) atoms. The molecule has 3 aliphatic heterocycles.